The molecule has 2 aliphatic heterocycles. The maximum absolute atomic E-state index is 13.7. The second kappa shape index (κ2) is 15.0. The molecule has 248 valence electrons. The van der Waals surface area contributed by atoms with Gasteiger partial charge in [-0.3, -0.25) is 29.0 Å². The quantitative estimate of drug-likeness (QED) is 0.332. The number of nitrogens with zero attached hydrogens (tertiary/aromatic N) is 2. The van der Waals surface area contributed by atoms with E-state index in [2.05, 4.69) is 15.7 Å². The van der Waals surface area contributed by atoms with Crippen molar-refractivity contribution in [2.75, 3.05) is 26.9 Å². The molecule has 3 heterocycles. The van der Waals surface area contributed by atoms with Crippen LogP contribution in [0, 0.1) is 17.3 Å². The van der Waals surface area contributed by atoms with Crippen LogP contribution >= 0.6 is 0 Å². The molecule has 12 nitrogen and oxygen atoms in total. The first-order chi connectivity index (χ1) is 21.8. The van der Waals surface area contributed by atoms with Gasteiger partial charge in [-0.05, 0) is 50.3 Å². The summed E-state index contributed by atoms with van der Waals surface area (Å²) >= 11 is 0. The SMILES string of the molecule is COC(=O)[C@@H]1CCCN(C(=O)[C@H](C)NC(=O)[C@@H](CC(=O)C2(/C=C/c3ccc4ccc([C@@H](C)OC(C)=O)nc4c3)COC2)C(C)C)N1. The summed E-state index contributed by atoms with van der Waals surface area (Å²) in [5.74, 6) is -2.53. The number of benzene rings is 1. The minimum atomic E-state index is -0.871. The van der Waals surface area contributed by atoms with Crippen LogP contribution in [0.5, 0.6) is 0 Å². The molecule has 2 N–H and O–H groups in total. The Labute approximate surface area is 269 Å². The van der Waals surface area contributed by atoms with Crippen molar-refractivity contribution in [3.63, 3.8) is 0 Å². The lowest BCUT2D eigenvalue weighted by atomic mass is 9.75. The van der Waals surface area contributed by atoms with E-state index in [1.165, 1.54) is 19.0 Å². The zero-order chi connectivity index (χ0) is 33.6. The zero-order valence-corrected chi connectivity index (χ0v) is 27.3. The van der Waals surface area contributed by atoms with Crippen LogP contribution in [0.25, 0.3) is 17.0 Å². The number of methoxy groups -OCH3 is 1. The number of pyridine rings is 1. The highest BCUT2D eigenvalue weighted by atomic mass is 16.5. The number of hydrogen-bond donors (Lipinski definition) is 2. The molecule has 2 amide bonds. The monoisotopic (exact) mass is 636 g/mol. The number of nitrogens with one attached hydrogen (secondary N) is 2. The maximum atomic E-state index is 13.7. The smallest absolute Gasteiger partial charge is 0.324 e. The van der Waals surface area contributed by atoms with Crippen molar-refractivity contribution >= 4 is 46.5 Å². The lowest BCUT2D eigenvalue weighted by Gasteiger charge is -2.38. The summed E-state index contributed by atoms with van der Waals surface area (Å²) in [6.45, 7) is 9.27. The second-order valence-corrected chi connectivity index (χ2v) is 12.5. The third kappa shape index (κ3) is 8.16. The van der Waals surface area contributed by atoms with E-state index >= 15 is 0 Å². The lowest BCUT2D eigenvalue weighted by molar-refractivity contribution is -0.152. The van der Waals surface area contributed by atoms with Gasteiger partial charge in [-0.15, -0.1) is 0 Å². The van der Waals surface area contributed by atoms with Gasteiger partial charge >= 0.3 is 11.9 Å². The lowest BCUT2D eigenvalue weighted by Crippen LogP contribution is -2.59. The predicted molar refractivity (Wildman–Crippen MR) is 170 cm³/mol. The van der Waals surface area contributed by atoms with E-state index in [-0.39, 0.29) is 49.1 Å². The van der Waals surface area contributed by atoms with E-state index in [1.54, 1.807) is 13.8 Å². The number of hydrogen-bond acceptors (Lipinski definition) is 10. The van der Waals surface area contributed by atoms with E-state index in [0.717, 1.165) is 16.5 Å². The Hall–Kier alpha value is -4.16. The molecule has 2 saturated heterocycles. The number of ether oxygens (including phenoxy) is 3. The number of aromatic nitrogens is 1. The van der Waals surface area contributed by atoms with Gasteiger partial charge in [0, 0.05) is 31.2 Å². The van der Waals surface area contributed by atoms with E-state index in [9.17, 15) is 24.0 Å². The van der Waals surface area contributed by atoms with Crippen LogP contribution in [0.15, 0.2) is 36.4 Å². The number of carbonyl (C=O) groups is 5. The Balaban J connectivity index is 1.42. The zero-order valence-electron chi connectivity index (χ0n) is 27.3. The van der Waals surface area contributed by atoms with Crippen molar-refractivity contribution in [3.05, 3.63) is 47.7 Å². The minimum absolute atomic E-state index is 0.0127. The number of carbonyl (C=O) groups excluding carboxylic acids is 5. The Morgan fingerprint density at radius 2 is 1.85 bits per heavy atom. The van der Waals surface area contributed by atoms with Gasteiger partial charge in [0.25, 0.3) is 5.91 Å². The van der Waals surface area contributed by atoms with Gasteiger partial charge in [-0.1, -0.05) is 44.2 Å². The fourth-order valence-electron chi connectivity index (χ4n) is 5.62. The maximum Gasteiger partial charge on any atom is 0.324 e. The van der Waals surface area contributed by atoms with Crippen molar-refractivity contribution in [1.82, 2.24) is 20.7 Å². The molecule has 4 rings (SSSR count). The van der Waals surface area contributed by atoms with Crippen LogP contribution in [0.2, 0.25) is 0 Å². The first-order valence-corrected chi connectivity index (χ1v) is 15.7. The van der Waals surface area contributed by atoms with Crippen LogP contribution in [0.1, 0.15) is 71.2 Å². The van der Waals surface area contributed by atoms with Gasteiger partial charge in [-0.2, -0.15) is 0 Å². The first-order valence-electron chi connectivity index (χ1n) is 15.7. The van der Waals surface area contributed by atoms with E-state index < -0.39 is 35.5 Å². The fourth-order valence-corrected chi connectivity index (χ4v) is 5.62. The standard InChI is InChI=1S/C34H44N4O8/c1-20(2)26(31(41)35-21(3)32(42)38-15-7-8-28(37-38)33(43)44-6)17-30(40)34(18-45-19-34)14-13-24-9-10-25-11-12-27(36-29(25)16-24)22(4)46-23(5)39/h9-14,16,20-22,26,28,37H,7-8,15,17-19H2,1-6H3,(H,35,41)/b14-13+/t21-,22+,26-,28-/m0/s1. The van der Waals surface area contributed by atoms with Crippen molar-refractivity contribution < 1.29 is 38.2 Å². The van der Waals surface area contributed by atoms with Gasteiger partial charge < -0.3 is 19.5 Å². The third-order valence-electron chi connectivity index (χ3n) is 8.58. The van der Waals surface area contributed by atoms with Gasteiger partial charge in [0.05, 0.1) is 36.9 Å². The molecule has 2 aliphatic rings. The topological polar surface area (TPSA) is 153 Å². The Bertz CT molecular complexity index is 1500. The van der Waals surface area contributed by atoms with Gasteiger partial charge in [0.2, 0.25) is 5.91 Å². The molecule has 0 bridgehead atoms. The van der Waals surface area contributed by atoms with Crippen molar-refractivity contribution in [1.29, 1.82) is 0 Å². The molecular weight excluding hydrogens is 592 g/mol. The van der Waals surface area contributed by atoms with Crippen molar-refractivity contribution in [2.45, 2.75) is 72.1 Å². The Morgan fingerprint density at radius 3 is 2.48 bits per heavy atom. The summed E-state index contributed by atoms with van der Waals surface area (Å²) in [5.41, 5.74) is 4.21. The van der Waals surface area contributed by atoms with Crippen LogP contribution < -0.4 is 10.7 Å². The number of hydrazine groups is 1. The summed E-state index contributed by atoms with van der Waals surface area (Å²) in [6.07, 6.45) is 4.37. The molecule has 12 heteroatoms. The van der Waals surface area contributed by atoms with E-state index in [4.69, 9.17) is 14.2 Å². The minimum Gasteiger partial charge on any atom is -0.468 e. The number of amides is 2. The number of rotatable bonds is 12. The molecule has 0 saturated carbocycles. The summed E-state index contributed by atoms with van der Waals surface area (Å²) in [5, 5.41) is 5.06. The predicted octanol–water partition coefficient (Wildman–Crippen LogP) is 3.29. The molecule has 0 aliphatic carbocycles. The average molecular weight is 637 g/mol. The molecule has 2 aromatic rings. The van der Waals surface area contributed by atoms with E-state index in [0.29, 0.717) is 25.1 Å². The van der Waals surface area contributed by atoms with Crippen LogP contribution in [0.4, 0.5) is 0 Å². The molecule has 0 unspecified atom stereocenters. The number of fused-ring (bicyclic) bond motifs is 1. The average Bonchev–Trinajstić information content (AvgIpc) is 3.01. The van der Waals surface area contributed by atoms with Gasteiger partial charge in [0.15, 0.2) is 0 Å². The van der Waals surface area contributed by atoms with Gasteiger partial charge in [0.1, 0.15) is 24.0 Å². The normalized spacial score (nSPS) is 19.6. The first kappa shape index (κ1) is 34.7. The van der Waals surface area contributed by atoms with Crippen molar-refractivity contribution in [3.8, 4) is 0 Å². The molecule has 46 heavy (non-hydrogen) atoms. The Morgan fingerprint density at radius 1 is 1.13 bits per heavy atom. The highest BCUT2D eigenvalue weighted by Crippen LogP contribution is 2.35. The highest BCUT2D eigenvalue weighted by Gasteiger charge is 2.45. The summed E-state index contributed by atoms with van der Waals surface area (Å²) in [7, 11) is 1.30. The summed E-state index contributed by atoms with van der Waals surface area (Å²) < 4.78 is 15.5. The van der Waals surface area contributed by atoms with Crippen LogP contribution in [-0.2, 0) is 38.2 Å². The molecule has 1 aromatic heterocycles. The fraction of sp³-hybridized carbons (Fsp3) is 0.529. The number of esters is 2. The molecule has 0 spiro atoms. The van der Waals surface area contributed by atoms with Crippen molar-refractivity contribution in [2.24, 2.45) is 17.3 Å². The Kier molecular flexibility index (Phi) is 11.3. The van der Waals surface area contributed by atoms with E-state index in [1.807, 2.05) is 56.3 Å². The summed E-state index contributed by atoms with van der Waals surface area (Å²) in [4.78, 5) is 68.2. The van der Waals surface area contributed by atoms with Gasteiger partial charge in [-0.25, -0.2) is 10.4 Å². The van der Waals surface area contributed by atoms with Crippen LogP contribution in [-0.4, -0.2) is 78.5 Å². The highest BCUT2D eigenvalue weighted by molar-refractivity contribution is 5.94. The molecule has 1 aromatic carbocycles. The van der Waals surface area contributed by atoms with Crippen LogP contribution in [0.3, 0.4) is 0 Å². The largest absolute Gasteiger partial charge is 0.468 e. The molecule has 0 radical (unpaired) electrons. The molecule has 4 atom stereocenters. The molecule has 2 fully saturated rings. The third-order valence-corrected chi connectivity index (χ3v) is 8.58. The molecular formula is C34H44N4O8. The second-order valence-electron chi connectivity index (χ2n) is 12.5. The number of ketones is 1. The summed E-state index contributed by atoms with van der Waals surface area (Å²) in [6, 6.07) is 8.02. The number of Topliss-reactive ketones (excluding diaryl/α,β-unsaturated/α-hetero) is 1.